The van der Waals surface area contributed by atoms with E-state index in [2.05, 4.69) is 12.2 Å². The van der Waals surface area contributed by atoms with Crippen LogP contribution in [0, 0.1) is 11.7 Å². The molecule has 0 amide bonds. The van der Waals surface area contributed by atoms with E-state index >= 15 is 0 Å². The Labute approximate surface area is 127 Å². The van der Waals surface area contributed by atoms with Crippen molar-refractivity contribution >= 4 is 0 Å². The van der Waals surface area contributed by atoms with E-state index in [1.807, 2.05) is 12.1 Å². The Hall–Kier alpha value is -0.930. The standard InChI is InChI=1S/C18H26FNO/c1-2-3-4-16(13-7-9-15(19)10-8-13)20-17-11-12-21-18(17)14-5-6-14/h7-10,14,16-18,20H,2-6,11-12H2,1H3. The molecule has 2 aliphatic rings. The maximum Gasteiger partial charge on any atom is 0.123 e. The molecule has 3 unspecified atom stereocenters. The van der Waals surface area contributed by atoms with Crippen molar-refractivity contribution in [2.75, 3.05) is 6.61 Å². The first-order chi connectivity index (χ1) is 10.3. The molecule has 2 fully saturated rings. The van der Waals surface area contributed by atoms with Gasteiger partial charge in [0.25, 0.3) is 0 Å². The number of halogens is 1. The minimum atomic E-state index is -0.159. The Kier molecular flexibility index (Phi) is 4.91. The van der Waals surface area contributed by atoms with Crippen molar-refractivity contribution in [3.05, 3.63) is 35.6 Å². The van der Waals surface area contributed by atoms with Crippen LogP contribution in [-0.2, 0) is 4.74 Å². The van der Waals surface area contributed by atoms with Gasteiger partial charge in [-0.2, -0.15) is 0 Å². The molecule has 1 N–H and O–H groups in total. The van der Waals surface area contributed by atoms with Gasteiger partial charge in [0.15, 0.2) is 0 Å². The lowest BCUT2D eigenvalue weighted by molar-refractivity contribution is 0.0785. The number of hydrogen-bond acceptors (Lipinski definition) is 2. The summed E-state index contributed by atoms with van der Waals surface area (Å²) in [7, 11) is 0. The highest BCUT2D eigenvalue weighted by Crippen LogP contribution is 2.39. The third-order valence-corrected chi connectivity index (χ3v) is 4.76. The van der Waals surface area contributed by atoms with E-state index < -0.39 is 0 Å². The molecule has 21 heavy (non-hydrogen) atoms. The maximum absolute atomic E-state index is 13.1. The summed E-state index contributed by atoms with van der Waals surface area (Å²) < 4.78 is 19.1. The first-order valence-electron chi connectivity index (χ1n) is 8.41. The molecule has 0 radical (unpaired) electrons. The molecule has 1 aliphatic carbocycles. The topological polar surface area (TPSA) is 21.3 Å². The summed E-state index contributed by atoms with van der Waals surface area (Å²) in [5.74, 6) is 0.609. The van der Waals surface area contributed by atoms with Crippen LogP contribution < -0.4 is 5.32 Å². The van der Waals surface area contributed by atoms with E-state index in [0.29, 0.717) is 18.2 Å². The first-order valence-corrected chi connectivity index (χ1v) is 8.41. The van der Waals surface area contributed by atoms with Gasteiger partial charge in [0, 0.05) is 18.7 Å². The molecule has 1 heterocycles. The van der Waals surface area contributed by atoms with Crippen molar-refractivity contribution in [1.82, 2.24) is 5.32 Å². The van der Waals surface area contributed by atoms with Gasteiger partial charge < -0.3 is 10.1 Å². The van der Waals surface area contributed by atoms with Crippen LogP contribution in [0.4, 0.5) is 4.39 Å². The van der Waals surface area contributed by atoms with E-state index in [-0.39, 0.29) is 5.82 Å². The average molecular weight is 291 g/mol. The third-order valence-electron chi connectivity index (χ3n) is 4.76. The molecule has 2 nitrogen and oxygen atoms in total. The summed E-state index contributed by atoms with van der Waals surface area (Å²) >= 11 is 0. The smallest absolute Gasteiger partial charge is 0.123 e. The van der Waals surface area contributed by atoms with Crippen LogP contribution in [0.2, 0.25) is 0 Å². The molecule has 1 aliphatic heterocycles. The number of benzene rings is 1. The Balaban J connectivity index is 1.67. The van der Waals surface area contributed by atoms with E-state index in [9.17, 15) is 4.39 Å². The van der Waals surface area contributed by atoms with E-state index in [1.165, 1.54) is 31.2 Å². The molecule has 0 bridgehead atoms. The molecule has 3 atom stereocenters. The van der Waals surface area contributed by atoms with Crippen molar-refractivity contribution < 1.29 is 9.13 Å². The monoisotopic (exact) mass is 291 g/mol. The Bertz CT molecular complexity index is 443. The van der Waals surface area contributed by atoms with Gasteiger partial charge in [-0.1, -0.05) is 31.9 Å². The Morgan fingerprint density at radius 2 is 2.00 bits per heavy atom. The second kappa shape index (κ2) is 6.89. The molecule has 3 rings (SSSR count). The Morgan fingerprint density at radius 1 is 1.24 bits per heavy atom. The van der Waals surface area contributed by atoms with E-state index in [0.717, 1.165) is 25.4 Å². The van der Waals surface area contributed by atoms with Crippen molar-refractivity contribution in [2.45, 2.75) is 63.6 Å². The number of ether oxygens (including phenoxy) is 1. The lowest BCUT2D eigenvalue weighted by Gasteiger charge is -2.27. The second-order valence-corrected chi connectivity index (χ2v) is 6.48. The summed E-state index contributed by atoms with van der Waals surface area (Å²) in [6.45, 7) is 3.09. The van der Waals surface area contributed by atoms with Gasteiger partial charge in [-0.3, -0.25) is 0 Å². The minimum absolute atomic E-state index is 0.159. The third kappa shape index (κ3) is 3.83. The SMILES string of the molecule is CCCCC(NC1CCOC1C1CC1)c1ccc(F)cc1. The fourth-order valence-electron chi connectivity index (χ4n) is 3.39. The minimum Gasteiger partial charge on any atom is -0.376 e. The van der Waals surface area contributed by atoms with Gasteiger partial charge in [-0.15, -0.1) is 0 Å². The molecule has 1 saturated carbocycles. The van der Waals surface area contributed by atoms with E-state index in [4.69, 9.17) is 4.74 Å². The molecule has 1 aromatic rings. The molecule has 116 valence electrons. The lowest BCUT2D eigenvalue weighted by Crippen LogP contribution is -2.40. The molecule has 3 heteroatoms. The van der Waals surface area contributed by atoms with Crippen LogP contribution in [0.5, 0.6) is 0 Å². The zero-order chi connectivity index (χ0) is 14.7. The zero-order valence-corrected chi connectivity index (χ0v) is 12.9. The number of hydrogen-bond donors (Lipinski definition) is 1. The molecule has 0 spiro atoms. The maximum atomic E-state index is 13.1. The van der Waals surface area contributed by atoms with Gasteiger partial charge in [0.2, 0.25) is 0 Å². The predicted molar refractivity (Wildman–Crippen MR) is 82.7 cm³/mol. The molecular formula is C18H26FNO. The van der Waals surface area contributed by atoms with Crippen LogP contribution in [0.3, 0.4) is 0 Å². The number of nitrogens with one attached hydrogen (secondary N) is 1. The van der Waals surface area contributed by atoms with Crippen molar-refractivity contribution in [2.24, 2.45) is 5.92 Å². The summed E-state index contributed by atoms with van der Waals surface area (Å²) in [6, 6.07) is 7.76. The van der Waals surface area contributed by atoms with Crippen molar-refractivity contribution in [3.63, 3.8) is 0 Å². The van der Waals surface area contributed by atoms with Crippen LogP contribution in [-0.4, -0.2) is 18.8 Å². The van der Waals surface area contributed by atoms with Gasteiger partial charge in [0.1, 0.15) is 5.82 Å². The quantitative estimate of drug-likeness (QED) is 0.812. The first kappa shape index (κ1) is 15.0. The van der Waals surface area contributed by atoms with Crippen LogP contribution in [0.1, 0.15) is 57.1 Å². The van der Waals surface area contributed by atoms with Crippen molar-refractivity contribution in [3.8, 4) is 0 Å². The second-order valence-electron chi connectivity index (χ2n) is 6.48. The molecule has 1 saturated heterocycles. The summed E-state index contributed by atoms with van der Waals surface area (Å²) in [6.07, 6.45) is 7.62. The average Bonchev–Trinajstić information content (AvgIpc) is 3.24. The van der Waals surface area contributed by atoms with Crippen LogP contribution in [0.25, 0.3) is 0 Å². The molecular weight excluding hydrogens is 265 g/mol. The summed E-state index contributed by atoms with van der Waals surface area (Å²) in [4.78, 5) is 0. The predicted octanol–water partition coefficient (Wildman–Crippen LogP) is 4.21. The number of rotatable bonds is 7. The molecule has 0 aromatic heterocycles. The van der Waals surface area contributed by atoms with Crippen LogP contribution >= 0.6 is 0 Å². The largest absolute Gasteiger partial charge is 0.376 e. The summed E-state index contributed by atoms with van der Waals surface area (Å²) in [5.41, 5.74) is 1.20. The van der Waals surface area contributed by atoms with E-state index in [1.54, 1.807) is 12.1 Å². The fraction of sp³-hybridized carbons (Fsp3) is 0.667. The van der Waals surface area contributed by atoms with Crippen LogP contribution in [0.15, 0.2) is 24.3 Å². The highest BCUT2D eigenvalue weighted by atomic mass is 19.1. The molecule has 1 aromatic carbocycles. The highest BCUT2D eigenvalue weighted by Gasteiger charge is 2.41. The number of unbranched alkanes of at least 4 members (excludes halogenated alkanes) is 1. The van der Waals surface area contributed by atoms with Gasteiger partial charge in [-0.05, 0) is 49.3 Å². The van der Waals surface area contributed by atoms with Gasteiger partial charge in [0.05, 0.1) is 6.10 Å². The fourth-order valence-corrected chi connectivity index (χ4v) is 3.39. The van der Waals surface area contributed by atoms with Gasteiger partial charge >= 0.3 is 0 Å². The highest BCUT2D eigenvalue weighted by molar-refractivity contribution is 5.20. The normalized spacial score (nSPS) is 27.0. The Morgan fingerprint density at radius 3 is 2.67 bits per heavy atom. The lowest BCUT2D eigenvalue weighted by atomic mass is 9.97. The van der Waals surface area contributed by atoms with Gasteiger partial charge in [-0.25, -0.2) is 4.39 Å². The van der Waals surface area contributed by atoms with Crippen molar-refractivity contribution in [1.29, 1.82) is 0 Å². The zero-order valence-electron chi connectivity index (χ0n) is 12.9. The summed E-state index contributed by atoms with van der Waals surface area (Å²) in [5, 5.41) is 3.81.